The second kappa shape index (κ2) is 9.99. The SMILES string of the molecule is COc1ccc(-n2c(C)cc(/C=C(\C#N)C(=O)OCc3cc(=O)n4cc(Br)ccc4n3)c2C)cc1. The van der Waals surface area contributed by atoms with Gasteiger partial charge in [0.1, 0.15) is 29.6 Å². The summed E-state index contributed by atoms with van der Waals surface area (Å²) in [5.74, 6) is -0.0399. The number of aryl methyl sites for hydroxylation is 1. The van der Waals surface area contributed by atoms with E-state index in [1.165, 1.54) is 16.5 Å². The Morgan fingerprint density at radius 3 is 2.60 bits per heavy atom. The molecule has 0 N–H and O–H groups in total. The van der Waals surface area contributed by atoms with Gasteiger partial charge in [-0.15, -0.1) is 0 Å². The maximum absolute atomic E-state index is 12.6. The Kier molecular flexibility index (Phi) is 6.85. The highest BCUT2D eigenvalue weighted by atomic mass is 79.9. The standard InChI is InChI=1S/C26H21BrN4O4/c1-16-10-18(17(2)31(16)22-5-7-23(34-3)8-6-22)11-19(13-28)26(33)35-15-21-12-25(32)30-14-20(27)4-9-24(30)29-21/h4-12,14H,15H2,1-3H3/b19-11+. The number of nitriles is 1. The van der Waals surface area contributed by atoms with E-state index in [0.717, 1.165) is 32.9 Å². The smallest absolute Gasteiger partial charge is 0.349 e. The first-order chi connectivity index (χ1) is 16.8. The molecule has 0 saturated heterocycles. The molecule has 0 bridgehead atoms. The van der Waals surface area contributed by atoms with Gasteiger partial charge in [0.15, 0.2) is 0 Å². The number of rotatable bonds is 6. The van der Waals surface area contributed by atoms with E-state index in [1.54, 1.807) is 25.4 Å². The van der Waals surface area contributed by atoms with Crippen molar-refractivity contribution in [2.45, 2.75) is 20.5 Å². The molecule has 8 nitrogen and oxygen atoms in total. The number of aromatic nitrogens is 3. The topological polar surface area (TPSA) is 98.6 Å². The summed E-state index contributed by atoms with van der Waals surface area (Å²) < 4.78 is 14.7. The number of hydrogen-bond donors (Lipinski definition) is 0. The third-order valence-electron chi connectivity index (χ3n) is 5.47. The van der Waals surface area contributed by atoms with Gasteiger partial charge in [-0.25, -0.2) is 9.78 Å². The van der Waals surface area contributed by atoms with Gasteiger partial charge in [0, 0.05) is 33.8 Å². The fraction of sp³-hybridized carbons (Fsp3) is 0.154. The Hall–Kier alpha value is -4.16. The molecule has 0 unspecified atom stereocenters. The van der Waals surface area contributed by atoms with Crippen LogP contribution in [0.25, 0.3) is 17.4 Å². The number of nitrogens with zero attached hydrogens (tertiary/aromatic N) is 4. The Morgan fingerprint density at radius 2 is 1.91 bits per heavy atom. The molecule has 176 valence electrons. The highest BCUT2D eigenvalue weighted by molar-refractivity contribution is 9.10. The van der Waals surface area contributed by atoms with Crippen molar-refractivity contribution in [2.24, 2.45) is 0 Å². The molecule has 0 aliphatic rings. The summed E-state index contributed by atoms with van der Waals surface area (Å²) in [7, 11) is 1.61. The summed E-state index contributed by atoms with van der Waals surface area (Å²) >= 11 is 3.32. The molecule has 0 aliphatic carbocycles. The molecule has 0 amide bonds. The number of carbonyl (C=O) groups excluding carboxylic acids is 1. The number of hydrogen-bond acceptors (Lipinski definition) is 6. The fourth-order valence-corrected chi connectivity index (χ4v) is 4.11. The molecular formula is C26H21BrN4O4. The normalized spacial score (nSPS) is 11.3. The van der Waals surface area contributed by atoms with Crippen molar-refractivity contribution in [3.8, 4) is 17.5 Å². The van der Waals surface area contributed by atoms with Crippen LogP contribution in [-0.2, 0) is 16.1 Å². The molecule has 0 fully saturated rings. The van der Waals surface area contributed by atoms with Crippen LogP contribution >= 0.6 is 15.9 Å². The number of carbonyl (C=O) groups is 1. The van der Waals surface area contributed by atoms with E-state index >= 15 is 0 Å². The molecule has 0 spiro atoms. The zero-order valence-electron chi connectivity index (χ0n) is 19.3. The van der Waals surface area contributed by atoms with E-state index < -0.39 is 5.97 Å². The zero-order valence-corrected chi connectivity index (χ0v) is 20.9. The lowest BCUT2D eigenvalue weighted by molar-refractivity contribution is -0.139. The summed E-state index contributed by atoms with van der Waals surface area (Å²) in [6, 6.07) is 16.1. The van der Waals surface area contributed by atoms with Crippen molar-refractivity contribution in [3.05, 3.63) is 97.8 Å². The Balaban J connectivity index is 1.55. The van der Waals surface area contributed by atoms with Gasteiger partial charge < -0.3 is 14.0 Å². The van der Waals surface area contributed by atoms with Gasteiger partial charge in [-0.3, -0.25) is 9.20 Å². The lowest BCUT2D eigenvalue weighted by atomic mass is 10.1. The first-order valence-electron chi connectivity index (χ1n) is 10.6. The average Bonchev–Trinajstić information content (AvgIpc) is 3.13. The van der Waals surface area contributed by atoms with Gasteiger partial charge in [0.25, 0.3) is 5.56 Å². The number of methoxy groups -OCH3 is 1. The molecule has 3 heterocycles. The fourth-order valence-electron chi connectivity index (χ4n) is 3.77. The molecule has 0 aliphatic heterocycles. The van der Waals surface area contributed by atoms with E-state index in [-0.39, 0.29) is 17.7 Å². The van der Waals surface area contributed by atoms with Crippen LogP contribution in [0.15, 0.2) is 69.6 Å². The van der Waals surface area contributed by atoms with Crippen molar-refractivity contribution in [1.29, 1.82) is 5.26 Å². The van der Waals surface area contributed by atoms with Crippen LogP contribution in [0.2, 0.25) is 0 Å². The van der Waals surface area contributed by atoms with Crippen LogP contribution in [0, 0.1) is 25.2 Å². The molecule has 35 heavy (non-hydrogen) atoms. The van der Waals surface area contributed by atoms with Crippen molar-refractivity contribution in [2.75, 3.05) is 7.11 Å². The first-order valence-corrected chi connectivity index (χ1v) is 11.4. The molecule has 0 atom stereocenters. The van der Waals surface area contributed by atoms with Crippen LogP contribution in [0.1, 0.15) is 22.6 Å². The van der Waals surface area contributed by atoms with E-state index in [1.807, 2.05) is 54.8 Å². The Labute approximate surface area is 209 Å². The summed E-state index contributed by atoms with van der Waals surface area (Å²) in [6.07, 6.45) is 3.12. The molecule has 0 radical (unpaired) electrons. The molecule has 9 heteroatoms. The van der Waals surface area contributed by atoms with Gasteiger partial charge in [-0.2, -0.15) is 5.26 Å². The lowest BCUT2D eigenvalue weighted by Crippen LogP contribution is -2.16. The average molecular weight is 533 g/mol. The van der Waals surface area contributed by atoms with Crippen LogP contribution in [0.5, 0.6) is 5.75 Å². The molecule has 0 saturated carbocycles. The van der Waals surface area contributed by atoms with E-state index in [2.05, 4.69) is 20.9 Å². The van der Waals surface area contributed by atoms with Crippen molar-refractivity contribution in [1.82, 2.24) is 14.0 Å². The number of esters is 1. The summed E-state index contributed by atoms with van der Waals surface area (Å²) in [6.45, 7) is 3.63. The highest BCUT2D eigenvalue weighted by Gasteiger charge is 2.16. The molecule has 4 rings (SSSR count). The maximum atomic E-state index is 12.6. The minimum absolute atomic E-state index is 0.151. The minimum Gasteiger partial charge on any atom is -0.497 e. The zero-order chi connectivity index (χ0) is 25.1. The van der Waals surface area contributed by atoms with Crippen molar-refractivity contribution in [3.63, 3.8) is 0 Å². The first kappa shape index (κ1) is 24.0. The Morgan fingerprint density at radius 1 is 1.17 bits per heavy atom. The monoisotopic (exact) mass is 532 g/mol. The second-order valence-electron chi connectivity index (χ2n) is 7.77. The number of ether oxygens (including phenoxy) is 2. The molecule has 3 aromatic heterocycles. The number of halogens is 1. The largest absolute Gasteiger partial charge is 0.497 e. The quantitative estimate of drug-likeness (QED) is 0.205. The van der Waals surface area contributed by atoms with Gasteiger partial charge in [-0.05, 0) is 83.9 Å². The maximum Gasteiger partial charge on any atom is 0.349 e. The predicted molar refractivity (Wildman–Crippen MR) is 134 cm³/mol. The number of fused-ring (bicyclic) bond motifs is 1. The lowest BCUT2D eigenvalue weighted by Gasteiger charge is -2.10. The third kappa shape index (κ3) is 5.03. The van der Waals surface area contributed by atoms with E-state index in [9.17, 15) is 14.9 Å². The van der Waals surface area contributed by atoms with Gasteiger partial charge in [0.2, 0.25) is 0 Å². The van der Waals surface area contributed by atoms with Gasteiger partial charge >= 0.3 is 5.97 Å². The van der Waals surface area contributed by atoms with Crippen LogP contribution in [0.4, 0.5) is 0 Å². The van der Waals surface area contributed by atoms with Crippen LogP contribution in [-0.4, -0.2) is 27.0 Å². The van der Waals surface area contributed by atoms with Gasteiger partial charge in [0.05, 0.1) is 12.8 Å². The number of pyridine rings is 1. The second-order valence-corrected chi connectivity index (χ2v) is 8.68. The highest BCUT2D eigenvalue weighted by Crippen LogP contribution is 2.24. The summed E-state index contributed by atoms with van der Waals surface area (Å²) in [4.78, 5) is 29.3. The van der Waals surface area contributed by atoms with Crippen molar-refractivity contribution >= 4 is 33.6 Å². The van der Waals surface area contributed by atoms with E-state index in [4.69, 9.17) is 9.47 Å². The molecule has 4 aromatic rings. The van der Waals surface area contributed by atoms with Crippen LogP contribution in [0.3, 0.4) is 0 Å². The third-order valence-corrected chi connectivity index (χ3v) is 5.94. The summed E-state index contributed by atoms with van der Waals surface area (Å²) in [5, 5.41) is 9.59. The summed E-state index contributed by atoms with van der Waals surface area (Å²) in [5.41, 5.74) is 3.72. The Bertz CT molecular complexity index is 1560. The van der Waals surface area contributed by atoms with Crippen molar-refractivity contribution < 1.29 is 14.3 Å². The molecule has 1 aromatic carbocycles. The van der Waals surface area contributed by atoms with E-state index in [0.29, 0.717) is 11.3 Å². The minimum atomic E-state index is -0.792. The predicted octanol–water partition coefficient (Wildman–Crippen LogP) is 4.52. The molecular weight excluding hydrogens is 512 g/mol. The van der Waals surface area contributed by atoms with Gasteiger partial charge in [-0.1, -0.05) is 0 Å². The number of benzene rings is 1. The van der Waals surface area contributed by atoms with Crippen LogP contribution < -0.4 is 10.3 Å².